The van der Waals surface area contributed by atoms with Crippen molar-refractivity contribution in [2.75, 3.05) is 0 Å². The number of rotatable bonds is 6. The second kappa shape index (κ2) is 8.26. The maximum atomic E-state index is 12.6. The Balaban J connectivity index is 1.45. The number of H-pyrrole nitrogens is 1. The molecule has 158 valence electrons. The number of carbonyl (C=O) groups excluding carboxylic acids is 2. The van der Waals surface area contributed by atoms with Crippen LogP contribution in [0.25, 0.3) is 11.0 Å². The van der Waals surface area contributed by atoms with Gasteiger partial charge < -0.3 is 9.72 Å². The molecule has 4 rings (SSSR count). The highest BCUT2D eigenvalue weighted by atomic mass is 79.9. The van der Waals surface area contributed by atoms with Gasteiger partial charge in [0.1, 0.15) is 0 Å². The quantitative estimate of drug-likeness (QED) is 0.317. The van der Waals surface area contributed by atoms with Crippen LogP contribution >= 0.6 is 15.9 Å². The lowest BCUT2D eigenvalue weighted by Crippen LogP contribution is -2.25. The Kier molecular flexibility index (Phi) is 5.51. The third kappa shape index (κ3) is 4.31. The predicted molar refractivity (Wildman–Crippen MR) is 114 cm³/mol. The number of ketones is 1. The molecule has 0 fully saturated rings. The molecular weight excluding hydrogens is 470 g/mol. The average molecular weight is 486 g/mol. The standard InChI is InChI=1S/C20H16BrN5O5/c1-11(27)25-20(12-2-4-13(21)5-3-12)31-18(24-25)9-8-17(28)19-22-15-7-6-14(26(29)30)10-16(15)23-19/h2-7,10,20H,8-9H2,1H3,(H,22,23). The van der Waals surface area contributed by atoms with Crippen LogP contribution in [0.15, 0.2) is 52.0 Å². The minimum absolute atomic E-state index is 0.0412. The van der Waals surface area contributed by atoms with Gasteiger partial charge in [-0.15, -0.1) is 5.10 Å². The summed E-state index contributed by atoms with van der Waals surface area (Å²) in [6, 6.07) is 11.5. The first-order chi connectivity index (χ1) is 14.8. The number of nitro benzene ring substituents is 1. The number of Topliss-reactive ketones (excluding diaryl/α,β-unsaturated/α-hetero) is 1. The number of imidazole rings is 1. The Bertz CT molecular complexity index is 1220. The zero-order valence-electron chi connectivity index (χ0n) is 16.2. The van der Waals surface area contributed by atoms with Crippen molar-refractivity contribution in [2.24, 2.45) is 5.10 Å². The third-order valence-electron chi connectivity index (χ3n) is 4.67. The van der Waals surface area contributed by atoms with Crippen LogP contribution in [0.3, 0.4) is 0 Å². The molecule has 0 saturated carbocycles. The molecule has 0 bridgehead atoms. The number of aromatic nitrogens is 2. The van der Waals surface area contributed by atoms with Crippen LogP contribution in [0.2, 0.25) is 0 Å². The number of halogens is 1. The van der Waals surface area contributed by atoms with Crippen LogP contribution in [-0.4, -0.2) is 37.5 Å². The van der Waals surface area contributed by atoms with E-state index in [-0.39, 0.29) is 41.9 Å². The van der Waals surface area contributed by atoms with Crippen LogP contribution in [0.1, 0.15) is 42.2 Å². The van der Waals surface area contributed by atoms with E-state index >= 15 is 0 Å². The van der Waals surface area contributed by atoms with Gasteiger partial charge >= 0.3 is 0 Å². The molecule has 0 spiro atoms. The van der Waals surface area contributed by atoms with Crippen molar-refractivity contribution in [1.29, 1.82) is 0 Å². The van der Waals surface area contributed by atoms with Gasteiger partial charge in [0.25, 0.3) is 5.69 Å². The van der Waals surface area contributed by atoms with E-state index in [1.54, 1.807) is 0 Å². The summed E-state index contributed by atoms with van der Waals surface area (Å²) in [7, 11) is 0. The SMILES string of the molecule is CC(=O)N1N=C(CCC(=O)c2nc3ccc([N+](=O)[O-])cc3[nH]2)OC1c1ccc(Br)cc1. The second-order valence-electron chi connectivity index (χ2n) is 6.85. The Hall–Kier alpha value is -3.60. The van der Waals surface area contributed by atoms with E-state index in [9.17, 15) is 19.7 Å². The van der Waals surface area contributed by atoms with Gasteiger partial charge in [0, 0.05) is 41.9 Å². The van der Waals surface area contributed by atoms with Crippen molar-refractivity contribution in [3.8, 4) is 0 Å². The number of fused-ring (bicyclic) bond motifs is 1. The molecule has 3 aromatic rings. The second-order valence-corrected chi connectivity index (χ2v) is 7.76. The van der Waals surface area contributed by atoms with Crippen molar-refractivity contribution in [3.63, 3.8) is 0 Å². The monoisotopic (exact) mass is 485 g/mol. The number of nitrogens with one attached hydrogen (secondary N) is 1. The van der Waals surface area contributed by atoms with E-state index in [1.807, 2.05) is 24.3 Å². The van der Waals surface area contributed by atoms with Crippen LogP contribution in [0.4, 0.5) is 5.69 Å². The molecule has 1 aliphatic rings. The van der Waals surface area contributed by atoms with Gasteiger partial charge in [-0.25, -0.2) is 4.98 Å². The maximum Gasteiger partial charge on any atom is 0.271 e. The molecule has 1 atom stereocenters. The Morgan fingerprint density at radius 2 is 2.00 bits per heavy atom. The molecule has 1 N–H and O–H groups in total. The van der Waals surface area contributed by atoms with E-state index in [0.29, 0.717) is 11.0 Å². The number of amides is 1. The maximum absolute atomic E-state index is 12.6. The van der Waals surface area contributed by atoms with Gasteiger partial charge in [0.05, 0.1) is 16.0 Å². The lowest BCUT2D eigenvalue weighted by Gasteiger charge is -2.19. The zero-order chi connectivity index (χ0) is 22.1. The summed E-state index contributed by atoms with van der Waals surface area (Å²) in [5.41, 5.74) is 1.53. The first-order valence-electron chi connectivity index (χ1n) is 9.28. The molecule has 1 aromatic heterocycles. The fourth-order valence-corrected chi connectivity index (χ4v) is 3.40. The van der Waals surface area contributed by atoms with Gasteiger partial charge in [-0.3, -0.25) is 19.7 Å². The summed E-state index contributed by atoms with van der Waals surface area (Å²) in [6.45, 7) is 1.39. The van der Waals surface area contributed by atoms with Crippen LogP contribution in [0, 0.1) is 10.1 Å². The van der Waals surface area contributed by atoms with E-state index in [0.717, 1.165) is 10.0 Å². The molecule has 2 aromatic carbocycles. The number of ether oxygens (including phenoxy) is 1. The predicted octanol–water partition coefficient (Wildman–Crippen LogP) is 4.09. The Labute approximate surface area is 184 Å². The van der Waals surface area contributed by atoms with E-state index in [1.165, 1.54) is 30.1 Å². The summed E-state index contributed by atoms with van der Waals surface area (Å²) in [4.78, 5) is 41.9. The summed E-state index contributed by atoms with van der Waals surface area (Å²) < 4.78 is 6.73. The molecule has 11 heteroatoms. The number of carbonyl (C=O) groups is 2. The zero-order valence-corrected chi connectivity index (χ0v) is 17.8. The molecule has 0 saturated heterocycles. The smallest absolute Gasteiger partial charge is 0.271 e. The van der Waals surface area contributed by atoms with Crippen LogP contribution in [0.5, 0.6) is 0 Å². The highest BCUT2D eigenvalue weighted by molar-refractivity contribution is 9.10. The highest BCUT2D eigenvalue weighted by Crippen LogP contribution is 2.30. The molecule has 1 aliphatic heterocycles. The van der Waals surface area contributed by atoms with E-state index in [4.69, 9.17) is 4.74 Å². The molecule has 1 amide bonds. The summed E-state index contributed by atoms with van der Waals surface area (Å²) in [5, 5.41) is 16.4. The number of nitrogens with zero attached hydrogens (tertiary/aromatic N) is 4. The van der Waals surface area contributed by atoms with E-state index < -0.39 is 11.2 Å². The van der Waals surface area contributed by atoms with Crippen molar-refractivity contribution in [2.45, 2.75) is 26.0 Å². The molecular formula is C20H16BrN5O5. The van der Waals surface area contributed by atoms with Gasteiger partial charge in [-0.05, 0) is 18.2 Å². The summed E-state index contributed by atoms with van der Waals surface area (Å²) >= 11 is 3.37. The Morgan fingerprint density at radius 1 is 1.26 bits per heavy atom. The van der Waals surface area contributed by atoms with Crippen molar-refractivity contribution in [3.05, 3.63) is 68.4 Å². The molecule has 0 aliphatic carbocycles. The van der Waals surface area contributed by atoms with Crippen molar-refractivity contribution >= 4 is 50.2 Å². The number of benzene rings is 2. The highest BCUT2D eigenvalue weighted by Gasteiger charge is 2.32. The number of hydrogen-bond acceptors (Lipinski definition) is 7. The normalized spacial score (nSPS) is 15.6. The number of non-ortho nitro benzene ring substituents is 1. The van der Waals surface area contributed by atoms with Crippen molar-refractivity contribution in [1.82, 2.24) is 15.0 Å². The van der Waals surface area contributed by atoms with Crippen LogP contribution in [-0.2, 0) is 9.53 Å². The number of hydrazone groups is 1. The number of aromatic amines is 1. The minimum atomic E-state index is -0.692. The van der Waals surface area contributed by atoms with Gasteiger partial charge in [-0.2, -0.15) is 5.01 Å². The fourth-order valence-electron chi connectivity index (χ4n) is 3.14. The molecule has 10 nitrogen and oxygen atoms in total. The van der Waals surface area contributed by atoms with Crippen molar-refractivity contribution < 1.29 is 19.2 Å². The fraction of sp³-hybridized carbons (Fsp3) is 0.200. The van der Waals surface area contributed by atoms with Gasteiger partial charge in [0.2, 0.25) is 18.0 Å². The first kappa shape index (κ1) is 20.7. The third-order valence-corrected chi connectivity index (χ3v) is 5.20. The lowest BCUT2D eigenvalue weighted by atomic mass is 10.2. The van der Waals surface area contributed by atoms with Gasteiger partial charge in [0.15, 0.2) is 11.6 Å². The minimum Gasteiger partial charge on any atom is -0.449 e. The molecule has 0 radical (unpaired) electrons. The summed E-state index contributed by atoms with van der Waals surface area (Å²) in [6.07, 6.45) is -0.478. The molecule has 2 heterocycles. The molecule has 1 unspecified atom stereocenters. The topological polar surface area (TPSA) is 131 Å². The average Bonchev–Trinajstić information content (AvgIpc) is 3.36. The number of hydrogen-bond donors (Lipinski definition) is 1. The van der Waals surface area contributed by atoms with E-state index in [2.05, 4.69) is 31.0 Å². The summed E-state index contributed by atoms with van der Waals surface area (Å²) in [5.74, 6) is -0.218. The molecule has 31 heavy (non-hydrogen) atoms. The van der Waals surface area contributed by atoms with Gasteiger partial charge in [-0.1, -0.05) is 28.1 Å². The largest absolute Gasteiger partial charge is 0.449 e. The Morgan fingerprint density at radius 3 is 2.68 bits per heavy atom. The van der Waals surface area contributed by atoms with Crippen LogP contribution < -0.4 is 0 Å². The lowest BCUT2D eigenvalue weighted by molar-refractivity contribution is -0.384. The first-order valence-corrected chi connectivity index (χ1v) is 10.1. The number of nitro groups is 1.